The Labute approximate surface area is 108 Å². The van der Waals surface area contributed by atoms with Crippen LogP contribution in [0.25, 0.3) is 10.9 Å². The van der Waals surface area contributed by atoms with Crippen molar-refractivity contribution in [2.45, 2.75) is 45.4 Å². The van der Waals surface area contributed by atoms with Crippen LogP contribution in [0.3, 0.4) is 0 Å². The molecule has 0 aliphatic heterocycles. The lowest BCUT2D eigenvalue weighted by Crippen LogP contribution is -2.23. The molecule has 0 saturated heterocycles. The Balaban J connectivity index is 2.18. The van der Waals surface area contributed by atoms with Gasteiger partial charge < -0.3 is 9.72 Å². The zero-order chi connectivity index (χ0) is 12.8. The summed E-state index contributed by atoms with van der Waals surface area (Å²) in [6.07, 6.45) is 3.74. The molecule has 2 heteroatoms. The topological polar surface area (TPSA) is 25.0 Å². The van der Waals surface area contributed by atoms with Crippen LogP contribution in [-0.2, 0) is 11.8 Å². The number of hydrogen-bond donors (Lipinski definition) is 1. The largest absolute Gasteiger partial charge is 0.494 e. The van der Waals surface area contributed by atoms with Gasteiger partial charge in [0, 0.05) is 22.0 Å². The molecule has 0 fully saturated rings. The van der Waals surface area contributed by atoms with Crippen molar-refractivity contribution in [2.75, 3.05) is 6.61 Å². The molecule has 0 bridgehead atoms. The number of H-pyrrole nitrogens is 1. The monoisotopic (exact) mass is 243 g/mol. The average molecular weight is 243 g/mol. The Morgan fingerprint density at radius 2 is 2.17 bits per heavy atom. The number of aromatic amines is 1. The number of aryl methyl sites for hydroxylation is 1. The quantitative estimate of drug-likeness (QED) is 0.841. The molecule has 0 spiro atoms. The minimum Gasteiger partial charge on any atom is -0.494 e. The van der Waals surface area contributed by atoms with Crippen LogP contribution in [0.5, 0.6) is 5.75 Å². The molecule has 0 amide bonds. The van der Waals surface area contributed by atoms with Gasteiger partial charge in [-0.25, -0.2) is 0 Å². The molecule has 1 aromatic carbocycles. The fraction of sp³-hybridized carbons (Fsp3) is 0.500. The van der Waals surface area contributed by atoms with E-state index >= 15 is 0 Å². The van der Waals surface area contributed by atoms with Crippen LogP contribution in [0.4, 0.5) is 0 Å². The second-order valence-corrected chi connectivity index (χ2v) is 5.86. The van der Waals surface area contributed by atoms with Crippen LogP contribution >= 0.6 is 0 Å². The van der Waals surface area contributed by atoms with Crippen molar-refractivity contribution in [1.82, 2.24) is 4.98 Å². The SMILES string of the molecule is CCOc1ccc2[nH]c3c(c2c1)CCCC3(C)C. The molecule has 2 nitrogen and oxygen atoms in total. The molecule has 1 heterocycles. The van der Waals surface area contributed by atoms with Crippen molar-refractivity contribution in [3.8, 4) is 5.75 Å². The summed E-state index contributed by atoms with van der Waals surface area (Å²) < 4.78 is 5.61. The lowest BCUT2D eigenvalue weighted by molar-refractivity contribution is 0.340. The standard InChI is InChI=1S/C16H21NO/c1-4-18-11-7-8-14-13(10-11)12-6-5-9-16(2,3)15(12)17-14/h7-8,10,17H,4-6,9H2,1-3H3. The van der Waals surface area contributed by atoms with Crippen LogP contribution in [0, 0.1) is 0 Å². The highest BCUT2D eigenvalue weighted by atomic mass is 16.5. The van der Waals surface area contributed by atoms with E-state index in [1.807, 2.05) is 6.92 Å². The predicted molar refractivity (Wildman–Crippen MR) is 75.4 cm³/mol. The highest BCUT2D eigenvalue weighted by molar-refractivity contribution is 5.86. The van der Waals surface area contributed by atoms with E-state index < -0.39 is 0 Å². The maximum absolute atomic E-state index is 5.61. The van der Waals surface area contributed by atoms with E-state index in [0.29, 0.717) is 0 Å². The third-order valence-corrected chi connectivity index (χ3v) is 4.09. The number of hydrogen-bond acceptors (Lipinski definition) is 1. The first-order valence-electron chi connectivity index (χ1n) is 6.90. The lowest BCUT2D eigenvalue weighted by atomic mass is 9.76. The molecule has 3 rings (SSSR count). The Bertz CT molecular complexity index is 580. The molecule has 0 atom stereocenters. The molecule has 0 radical (unpaired) electrons. The number of rotatable bonds is 2. The summed E-state index contributed by atoms with van der Waals surface area (Å²) in [7, 11) is 0. The van der Waals surface area contributed by atoms with Crippen LogP contribution < -0.4 is 4.74 Å². The average Bonchev–Trinajstić information content (AvgIpc) is 2.69. The Kier molecular flexibility index (Phi) is 2.61. The maximum Gasteiger partial charge on any atom is 0.120 e. The lowest BCUT2D eigenvalue weighted by Gasteiger charge is -2.29. The first-order valence-corrected chi connectivity index (χ1v) is 6.90. The summed E-state index contributed by atoms with van der Waals surface area (Å²) >= 11 is 0. The summed E-state index contributed by atoms with van der Waals surface area (Å²) in [5.74, 6) is 0.982. The number of nitrogens with one attached hydrogen (secondary N) is 1. The zero-order valence-electron chi connectivity index (χ0n) is 11.5. The van der Waals surface area contributed by atoms with Crippen molar-refractivity contribution < 1.29 is 4.74 Å². The van der Waals surface area contributed by atoms with E-state index in [1.165, 1.54) is 41.4 Å². The van der Waals surface area contributed by atoms with Crippen molar-refractivity contribution in [1.29, 1.82) is 0 Å². The van der Waals surface area contributed by atoms with E-state index in [-0.39, 0.29) is 5.41 Å². The summed E-state index contributed by atoms with van der Waals surface area (Å²) in [4.78, 5) is 3.62. The van der Waals surface area contributed by atoms with Crippen molar-refractivity contribution in [2.24, 2.45) is 0 Å². The smallest absolute Gasteiger partial charge is 0.120 e. The second kappa shape index (κ2) is 4.04. The third kappa shape index (κ3) is 1.71. The van der Waals surface area contributed by atoms with E-state index in [4.69, 9.17) is 4.74 Å². The summed E-state index contributed by atoms with van der Waals surface area (Å²) in [5, 5.41) is 1.35. The van der Waals surface area contributed by atoms with Crippen LogP contribution in [-0.4, -0.2) is 11.6 Å². The van der Waals surface area contributed by atoms with Gasteiger partial charge in [0.05, 0.1) is 6.61 Å². The Morgan fingerprint density at radius 3 is 2.94 bits per heavy atom. The molecule has 1 N–H and O–H groups in total. The van der Waals surface area contributed by atoms with Gasteiger partial charge in [-0.15, -0.1) is 0 Å². The number of fused-ring (bicyclic) bond motifs is 3. The molecule has 2 aromatic rings. The summed E-state index contributed by atoms with van der Waals surface area (Å²) in [6, 6.07) is 6.39. The predicted octanol–water partition coefficient (Wildman–Crippen LogP) is 4.18. The first-order chi connectivity index (χ1) is 8.62. The third-order valence-electron chi connectivity index (χ3n) is 4.09. The molecule has 0 unspecified atom stereocenters. The van der Waals surface area contributed by atoms with Gasteiger partial charge in [-0.3, -0.25) is 0 Å². The Morgan fingerprint density at radius 1 is 1.33 bits per heavy atom. The van der Waals surface area contributed by atoms with Crippen molar-refractivity contribution >= 4 is 10.9 Å². The number of aromatic nitrogens is 1. The number of ether oxygens (including phenoxy) is 1. The fourth-order valence-corrected chi connectivity index (χ4v) is 3.15. The Hall–Kier alpha value is -1.44. The molecule has 0 saturated carbocycles. The minimum atomic E-state index is 0.276. The minimum absolute atomic E-state index is 0.276. The molecule has 96 valence electrons. The van der Waals surface area contributed by atoms with E-state index in [0.717, 1.165) is 12.4 Å². The van der Waals surface area contributed by atoms with Crippen LogP contribution in [0.15, 0.2) is 18.2 Å². The van der Waals surface area contributed by atoms with Crippen molar-refractivity contribution in [3.05, 3.63) is 29.5 Å². The summed E-state index contributed by atoms with van der Waals surface area (Å²) in [5.41, 5.74) is 4.46. The van der Waals surface area contributed by atoms with Gasteiger partial charge in [-0.05, 0) is 49.9 Å². The normalized spacial score (nSPS) is 17.7. The van der Waals surface area contributed by atoms with Crippen LogP contribution in [0.1, 0.15) is 44.9 Å². The van der Waals surface area contributed by atoms with Gasteiger partial charge in [0.25, 0.3) is 0 Å². The van der Waals surface area contributed by atoms with Gasteiger partial charge in [-0.2, -0.15) is 0 Å². The van der Waals surface area contributed by atoms with Crippen LogP contribution in [0.2, 0.25) is 0 Å². The van der Waals surface area contributed by atoms with Gasteiger partial charge in [0.15, 0.2) is 0 Å². The molecule has 1 aliphatic carbocycles. The molecule has 18 heavy (non-hydrogen) atoms. The zero-order valence-corrected chi connectivity index (χ0v) is 11.5. The van der Waals surface area contributed by atoms with E-state index in [9.17, 15) is 0 Å². The van der Waals surface area contributed by atoms with E-state index in [1.54, 1.807) is 0 Å². The maximum atomic E-state index is 5.61. The fourth-order valence-electron chi connectivity index (χ4n) is 3.15. The highest BCUT2D eigenvalue weighted by Gasteiger charge is 2.30. The van der Waals surface area contributed by atoms with Gasteiger partial charge in [-0.1, -0.05) is 13.8 Å². The summed E-state index contributed by atoms with van der Waals surface area (Å²) in [6.45, 7) is 7.43. The number of benzene rings is 1. The second-order valence-electron chi connectivity index (χ2n) is 5.86. The van der Waals surface area contributed by atoms with E-state index in [2.05, 4.69) is 37.0 Å². The van der Waals surface area contributed by atoms with Gasteiger partial charge in [0.2, 0.25) is 0 Å². The van der Waals surface area contributed by atoms with Gasteiger partial charge >= 0.3 is 0 Å². The van der Waals surface area contributed by atoms with Gasteiger partial charge in [0.1, 0.15) is 5.75 Å². The molecule has 1 aromatic heterocycles. The molecular weight excluding hydrogens is 222 g/mol. The molecular formula is C16H21NO. The first kappa shape index (κ1) is 11.6. The molecule has 1 aliphatic rings. The highest BCUT2D eigenvalue weighted by Crippen LogP contribution is 2.40. The van der Waals surface area contributed by atoms with Crippen molar-refractivity contribution in [3.63, 3.8) is 0 Å².